The maximum absolute atomic E-state index is 12.0. The topological polar surface area (TPSA) is 68.3 Å². The molecule has 5 nitrogen and oxygen atoms in total. The molecule has 0 saturated heterocycles. The Bertz CT molecular complexity index is 774. The number of aryl methyl sites for hydroxylation is 2. The smallest absolute Gasteiger partial charge is 0.220 e. The van der Waals surface area contributed by atoms with Crippen LogP contribution in [0, 0.1) is 6.92 Å². The van der Waals surface area contributed by atoms with Crippen molar-refractivity contribution >= 4 is 5.91 Å². The molecule has 0 aliphatic heterocycles. The van der Waals surface area contributed by atoms with Crippen molar-refractivity contribution < 1.29 is 13.7 Å². The van der Waals surface area contributed by atoms with Gasteiger partial charge in [-0.15, -0.1) is 0 Å². The summed E-state index contributed by atoms with van der Waals surface area (Å²) in [7, 11) is 0. The molecule has 3 aromatic rings. The third-order valence-electron chi connectivity index (χ3n) is 3.57. The van der Waals surface area contributed by atoms with E-state index in [9.17, 15) is 4.79 Å². The Kier molecular flexibility index (Phi) is 4.57. The largest absolute Gasteiger partial charge is 0.465 e. The van der Waals surface area contributed by atoms with E-state index in [-0.39, 0.29) is 5.91 Å². The van der Waals surface area contributed by atoms with Crippen molar-refractivity contribution in [1.82, 2.24) is 10.5 Å². The second-order valence-electron chi connectivity index (χ2n) is 5.34. The molecule has 1 amide bonds. The number of carbonyl (C=O) groups is 1. The predicted molar refractivity (Wildman–Crippen MR) is 85.6 cm³/mol. The maximum Gasteiger partial charge on any atom is 0.220 e. The van der Waals surface area contributed by atoms with Crippen LogP contribution in [0.25, 0.3) is 11.3 Å². The molecule has 0 radical (unpaired) electrons. The number of nitrogens with zero attached hydrogens (tertiary/aromatic N) is 1. The SMILES string of the molecule is Cc1ccc(CNC(=O)CCc2conc2-c2ccccc2)o1. The van der Waals surface area contributed by atoms with Crippen LogP contribution in [0.4, 0.5) is 0 Å². The van der Waals surface area contributed by atoms with E-state index in [4.69, 9.17) is 8.94 Å². The van der Waals surface area contributed by atoms with Crippen LogP contribution in [0.5, 0.6) is 0 Å². The number of benzene rings is 1. The molecule has 0 fully saturated rings. The van der Waals surface area contributed by atoms with Gasteiger partial charge >= 0.3 is 0 Å². The zero-order valence-corrected chi connectivity index (χ0v) is 12.9. The van der Waals surface area contributed by atoms with Gasteiger partial charge in [-0.25, -0.2) is 0 Å². The number of rotatable bonds is 6. The summed E-state index contributed by atoms with van der Waals surface area (Å²) in [6.07, 6.45) is 2.56. The van der Waals surface area contributed by atoms with Gasteiger partial charge < -0.3 is 14.3 Å². The van der Waals surface area contributed by atoms with E-state index in [1.807, 2.05) is 49.4 Å². The molecular formula is C18H18N2O3. The van der Waals surface area contributed by atoms with Gasteiger partial charge in [0.1, 0.15) is 23.5 Å². The first-order valence-corrected chi connectivity index (χ1v) is 7.53. The molecule has 23 heavy (non-hydrogen) atoms. The van der Waals surface area contributed by atoms with Crippen molar-refractivity contribution in [3.63, 3.8) is 0 Å². The number of aromatic nitrogens is 1. The van der Waals surface area contributed by atoms with E-state index < -0.39 is 0 Å². The van der Waals surface area contributed by atoms with Crippen molar-refractivity contribution in [2.45, 2.75) is 26.3 Å². The normalized spacial score (nSPS) is 10.7. The van der Waals surface area contributed by atoms with Crippen molar-refractivity contribution in [1.29, 1.82) is 0 Å². The zero-order valence-electron chi connectivity index (χ0n) is 12.9. The average Bonchev–Trinajstić information content (AvgIpc) is 3.20. The molecule has 0 saturated carbocycles. The number of amides is 1. The fourth-order valence-corrected chi connectivity index (χ4v) is 2.37. The van der Waals surface area contributed by atoms with Gasteiger partial charge in [-0.1, -0.05) is 35.5 Å². The molecule has 0 unspecified atom stereocenters. The highest BCUT2D eigenvalue weighted by molar-refractivity contribution is 5.76. The van der Waals surface area contributed by atoms with Gasteiger partial charge in [-0.3, -0.25) is 4.79 Å². The fourth-order valence-electron chi connectivity index (χ4n) is 2.37. The Labute approximate surface area is 134 Å². The molecule has 2 heterocycles. The lowest BCUT2D eigenvalue weighted by molar-refractivity contribution is -0.121. The van der Waals surface area contributed by atoms with Crippen LogP contribution in [0.2, 0.25) is 0 Å². The van der Waals surface area contributed by atoms with Gasteiger partial charge in [0.2, 0.25) is 5.91 Å². The third kappa shape index (κ3) is 3.88. The Morgan fingerprint density at radius 3 is 2.74 bits per heavy atom. The molecule has 2 aromatic heterocycles. The fraction of sp³-hybridized carbons (Fsp3) is 0.222. The van der Waals surface area contributed by atoms with Crippen LogP contribution >= 0.6 is 0 Å². The van der Waals surface area contributed by atoms with Gasteiger partial charge in [0, 0.05) is 17.5 Å². The third-order valence-corrected chi connectivity index (χ3v) is 3.57. The second kappa shape index (κ2) is 6.96. The molecule has 0 aliphatic carbocycles. The Hall–Kier alpha value is -2.82. The van der Waals surface area contributed by atoms with Gasteiger partial charge in [0.05, 0.1) is 6.54 Å². The molecule has 0 atom stereocenters. The van der Waals surface area contributed by atoms with E-state index in [1.165, 1.54) is 0 Å². The number of carbonyl (C=O) groups excluding carboxylic acids is 1. The summed E-state index contributed by atoms with van der Waals surface area (Å²) in [5.74, 6) is 1.57. The van der Waals surface area contributed by atoms with Crippen LogP contribution < -0.4 is 5.32 Å². The summed E-state index contributed by atoms with van der Waals surface area (Å²) in [5, 5.41) is 6.89. The first-order valence-electron chi connectivity index (χ1n) is 7.53. The predicted octanol–water partition coefficient (Wildman–Crippen LogP) is 3.49. The van der Waals surface area contributed by atoms with Crippen LogP contribution in [-0.2, 0) is 17.8 Å². The molecule has 0 aliphatic rings. The minimum Gasteiger partial charge on any atom is -0.465 e. The minimum absolute atomic E-state index is 0.0285. The summed E-state index contributed by atoms with van der Waals surface area (Å²) in [4.78, 5) is 12.0. The lowest BCUT2D eigenvalue weighted by atomic mass is 10.0. The standard InChI is InChI=1S/C18H18N2O3/c1-13-7-9-16(23-13)11-19-17(21)10-8-15-12-22-20-18(15)14-5-3-2-4-6-14/h2-7,9,12H,8,10-11H2,1H3,(H,19,21). The van der Waals surface area contributed by atoms with E-state index in [0.717, 1.165) is 28.3 Å². The first kappa shape index (κ1) is 15.1. The van der Waals surface area contributed by atoms with Crippen LogP contribution in [0.15, 0.2) is 57.7 Å². The summed E-state index contributed by atoms with van der Waals surface area (Å²) in [5.41, 5.74) is 2.71. The van der Waals surface area contributed by atoms with E-state index in [0.29, 0.717) is 19.4 Å². The molecule has 0 bridgehead atoms. The molecule has 3 rings (SSSR count). The zero-order chi connectivity index (χ0) is 16.1. The average molecular weight is 310 g/mol. The number of furan rings is 1. The van der Waals surface area contributed by atoms with E-state index in [2.05, 4.69) is 10.5 Å². The van der Waals surface area contributed by atoms with Crippen LogP contribution in [0.3, 0.4) is 0 Å². The summed E-state index contributed by atoms with van der Waals surface area (Å²) < 4.78 is 10.5. The minimum atomic E-state index is -0.0285. The maximum atomic E-state index is 12.0. The molecule has 0 spiro atoms. The molecule has 1 N–H and O–H groups in total. The number of nitrogens with one attached hydrogen (secondary N) is 1. The summed E-state index contributed by atoms with van der Waals surface area (Å²) in [6.45, 7) is 2.28. The quantitative estimate of drug-likeness (QED) is 0.756. The Balaban J connectivity index is 1.54. The Morgan fingerprint density at radius 1 is 1.17 bits per heavy atom. The highest BCUT2D eigenvalue weighted by Gasteiger charge is 2.12. The van der Waals surface area contributed by atoms with E-state index >= 15 is 0 Å². The van der Waals surface area contributed by atoms with Crippen molar-refractivity contribution in [3.8, 4) is 11.3 Å². The monoisotopic (exact) mass is 310 g/mol. The molecule has 5 heteroatoms. The lowest BCUT2D eigenvalue weighted by Gasteiger charge is -2.04. The highest BCUT2D eigenvalue weighted by Crippen LogP contribution is 2.22. The van der Waals surface area contributed by atoms with Gasteiger partial charge in [-0.2, -0.15) is 0 Å². The van der Waals surface area contributed by atoms with Crippen molar-refractivity contribution in [2.75, 3.05) is 0 Å². The van der Waals surface area contributed by atoms with Gasteiger partial charge in [0.15, 0.2) is 0 Å². The van der Waals surface area contributed by atoms with Crippen LogP contribution in [-0.4, -0.2) is 11.1 Å². The molecular weight excluding hydrogens is 292 g/mol. The second-order valence-corrected chi connectivity index (χ2v) is 5.34. The molecule has 1 aromatic carbocycles. The Morgan fingerprint density at radius 2 is 2.00 bits per heavy atom. The number of hydrogen-bond donors (Lipinski definition) is 1. The lowest BCUT2D eigenvalue weighted by Crippen LogP contribution is -2.22. The van der Waals surface area contributed by atoms with Gasteiger partial charge in [0.25, 0.3) is 0 Å². The number of hydrogen-bond acceptors (Lipinski definition) is 4. The first-order chi connectivity index (χ1) is 11.2. The van der Waals surface area contributed by atoms with E-state index in [1.54, 1.807) is 6.26 Å². The summed E-state index contributed by atoms with van der Waals surface area (Å²) in [6, 6.07) is 13.5. The van der Waals surface area contributed by atoms with Crippen molar-refractivity contribution in [3.05, 3.63) is 65.8 Å². The summed E-state index contributed by atoms with van der Waals surface area (Å²) >= 11 is 0. The van der Waals surface area contributed by atoms with Crippen molar-refractivity contribution in [2.24, 2.45) is 0 Å². The van der Waals surface area contributed by atoms with Crippen LogP contribution in [0.1, 0.15) is 23.5 Å². The van der Waals surface area contributed by atoms with Gasteiger partial charge in [-0.05, 0) is 25.5 Å². The molecule has 118 valence electrons. The highest BCUT2D eigenvalue weighted by atomic mass is 16.5.